The lowest BCUT2D eigenvalue weighted by Crippen LogP contribution is -2.51. The highest BCUT2D eigenvalue weighted by Gasteiger charge is 2.39. The van der Waals surface area contributed by atoms with Gasteiger partial charge < -0.3 is 15.5 Å². The van der Waals surface area contributed by atoms with Gasteiger partial charge in [0, 0.05) is 6.04 Å². The number of aliphatic hydroxyl groups is 2. The van der Waals surface area contributed by atoms with E-state index in [1.165, 1.54) is 0 Å². The summed E-state index contributed by atoms with van der Waals surface area (Å²) >= 11 is 0. The molecule has 1 saturated carbocycles. The Morgan fingerprint density at radius 3 is 2.62 bits per heavy atom. The molecule has 13 heavy (non-hydrogen) atoms. The fourth-order valence-corrected chi connectivity index (χ4v) is 2.86. The molecular formula is C10H19NO2. The fraction of sp³-hybridized carbons (Fsp3) is 1.00. The topological polar surface area (TPSA) is 52.5 Å². The molecule has 1 aliphatic carbocycles. The first-order chi connectivity index (χ1) is 6.18. The Morgan fingerprint density at radius 1 is 1.15 bits per heavy atom. The normalized spacial score (nSPS) is 51.5. The molecule has 4 unspecified atom stereocenters. The number of fused-ring (bicyclic) bond motifs is 1. The van der Waals surface area contributed by atoms with Crippen LogP contribution in [0.25, 0.3) is 0 Å². The molecule has 0 amide bonds. The van der Waals surface area contributed by atoms with Crippen LogP contribution in [0.4, 0.5) is 0 Å². The van der Waals surface area contributed by atoms with E-state index in [1.54, 1.807) is 0 Å². The van der Waals surface area contributed by atoms with Crippen LogP contribution in [-0.4, -0.2) is 35.0 Å². The number of nitrogens with one attached hydrogen (secondary N) is 1. The van der Waals surface area contributed by atoms with Gasteiger partial charge in [0.15, 0.2) is 0 Å². The minimum absolute atomic E-state index is 0.480. The van der Waals surface area contributed by atoms with E-state index in [9.17, 15) is 10.2 Å². The van der Waals surface area contributed by atoms with Crippen LogP contribution in [-0.2, 0) is 0 Å². The fourth-order valence-electron chi connectivity index (χ4n) is 2.86. The Labute approximate surface area is 79.2 Å². The monoisotopic (exact) mass is 185 g/mol. The van der Waals surface area contributed by atoms with Crippen molar-refractivity contribution in [2.45, 2.75) is 44.4 Å². The summed E-state index contributed by atoms with van der Waals surface area (Å²) in [5, 5.41) is 22.5. The third-order valence-corrected chi connectivity index (χ3v) is 3.73. The highest BCUT2D eigenvalue weighted by molar-refractivity contribution is 4.92. The van der Waals surface area contributed by atoms with E-state index in [1.807, 2.05) is 0 Å². The molecule has 1 heterocycles. The Kier molecular flexibility index (Phi) is 2.58. The predicted octanol–water partition coefficient (Wildman–Crippen LogP) is 0.116. The van der Waals surface area contributed by atoms with Crippen LogP contribution in [0.1, 0.15) is 26.2 Å². The van der Waals surface area contributed by atoms with Crippen molar-refractivity contribution >= 4 is 0 Å². The first kappa shape index (κ1) is 9.44. The molecule has 2 aliphatic rings. The molecule has 3 N–H and O–H groups in total. The van der Waals surface area contributed by atoms with Gasteiger partial charge in [-0.15, -0.1) is 0 Å². The lowest BCUT2D eigenvalue weighted by molar-refractivity contribution is -0.0613. The van der Waals surface area contributed by atoms with Gasteiger partial charge in [-0.3, -0.25) is 0 Å². The SMILES string of the molecule is C[C@@H]1NCCC2CC(O)C(O)CC21. The molecule has 0 aromatic heterocycles. The van der Waals surface area contributed by atoms with Gasteiger partial charge in [-0.1, -0.05) is 0 Å². The van der Waals surface area contributed by atoms with Crippen molar-refractivity contribution in [3.8, 4) is 0 Å². The number of piperidine rings is 1. The molecule has 3 heteroatoms. The van der Waals surface area contributed by atoms with E-state index in [4.69, 9.17) is 0 Å². The van der Waals surface area contributed by atoms with Crippen molar-refractivity contribution in [1.82, 2.24) is 5.32 Å². The third-order valence-electron chi connectivity index (χ3n) is 3.73. The molecule has 3 nitrogen and oxygen atoms in total. The van der Waals surface area contributed by atoms with Crippen LogP contribution in [0.3, 0.4) is 0 Å². The number of hydrogen-bond donors (Lipinski definition) is 3. The van der Waals surface area contributed by atoms with Crippen LogP contribution in [0, 0.1) is 11.8 Å². The Morgan fingerprint density at radius 2 is 1.85 bits per heavy atom. The van der Waals surface area contributed by atoms with Gasteiger partial charge >= 0.3 is 0 Å². The zero-order valence-electron chi connectivity index (χ0n) is 8.11. The molecule has 1 saturated heterocycles. The maximum atomic E-state index is 9.56. The number of rotatable bonds is 0. The van der Waals surface area contributed by atoms with E-state index in [2.05, 4.69) is 12.2 Å². The second-order valence-electron chi connectivity index (χ2n) is 4.56. The largest absolute Gasteiger partial charge is 0.390 e. The summed E-state index contributed by atoms with van der Waals surface area (Å²) in [7, 11) is 0. The highest BCUT2D eigenvalue weighted by Crippen LogP contribution is 2.36. The highest BCUT2D eigenvalue weighted by atomic mass is 16.3. The molecule has 2 fully saturated rings. The zero-order chi connectivity index (χ0) is 9.42. The lowest BCUT2D eigenvalue weighted by Gasteiger charge is -2.44. The van der Waals surface area contributed by atoms with Crippen LogP contribution in [0.15, 0.2) is 0 Å². The lowest BCUT2D eigenvalue weighted by atomic mass is 9.70. The summed E-state index contributed by atoms with van der Waals surface area (Å²) in [5.74, 6) is 1.18. The van der Waals surface area contributed by atoms with E-state index >= 15 is 0 Å². The molecule has 2 rings (SSSR count). The third kappa shape index (κ3) is 1.73. The van der Waals surface area contributed by atoms with Gasteiger partial charge in [0.05, 0.1) is 12.2 Å². The summed E-state index contributed by atoms with van der Waals surface area (Å²) < 4.78 is 0. The molecular weight excluding hydrogens is 166 g/mol. The van der Waals surface area contributed by atoms with Gasteiger partial charge in [-0.05, 0) is 44.6 Å². The minimum Gasteiger partial charge on any atom is -0.390 e. The van der Waals surface area contributed by atoms with E-state index in [0.29, 0.717) is 17.9 Å². The van der Waals surface area contributed by atoms with Gasteiger partial charge in [-0.2, -0.15) is 0 Å². The molecule has 76 valence electrons. The van der Waals surface area contributed by atoms with Crippen molar-refractivity contribution in [2.24, 2.45) is 11.8 Å². The standard InChI is InChI=1S/C10H19NO2/c1-6-8-5-10(13)9(12)4-7(8)2-3-11-6/h6-13H,2-5H2,1H3/t6-,7?,8?,9?,10?/m0/s1. The van der Waals surface area contributed by atoms with E-state index < -0.39 is 12.2 Å². The molecule has 1 aliphatic heterocycles. The Balaban J connectivity index is 2.04. The summed E-state index contributed by atoms with van der Waals surface area (Å²) in [5.41, 5.74) is 0. The molecule has 0 radical (unpaired) electrons. The Hall–Kier alpha value is -0.120. The average Bonchev–Trinajstić information content (AvgIpc) is 2.09. The summed E-state index contributed by atoms with van der Waals surface area (Å²) in [6.45, 7) is 3.24. The van der Waals surface area contributed by atoms with Gasteiger partial charge in [-0.25, -0.2) is 0 Å². The van der Waals surface area contributed by atoms with E-state index in [0.717, 1.165) is 25.8 Å². The smallest absolute Gasteiger partial charge is 0.0802 e. The minimum atomic E-state index is -0.497. The second kappa shape index (κ2) is 3.56. The van der Waals surface area contributed by atoms with Crippen molar-refractivity contribution in [2.75, 3.05) is 6.54 Å². The molecule has 0 spiro atoms. The Bertz CT molecular complexity index is 186. The maximum absolute atomic E-state index is 9.56. The molecule has 5 atom stereocenters. The van der Waals surface area contributed by atoms with Crippen molar-refractivity contribution < 1.29 is 10.2 Å². The molecule has 0 bridgehead atoms. The van der Waals surface area contributed by atoms with Crippen molar-refractivity contribution in [1.29, 1.82) is 0 Å². The number of aliphatic hydroxyl groups excluding tert-OH is 2. The predicted molar refractivity (Wildman–Crippen MR) is 50.3 cm³/mol. The van der Waals surface area contributed by atoms with Crippen LogP contribution >= 0.6 is 0 Å². The second-order valence-corrected chi connectivity index (χ2v) is 4.56. The van der Waals surface area contributed by atoms with Crippen LogP contribution in [0.5, 0.6) is 0 Å². The van der Waals surface area contributed by atoms with Gasteiger partial charge in [0.2, 0.25) is 0 Å². The molecule has 0 aromatic carbocycles. The summed E-state index contributed by atoms with van der Waals surface area (Å²) in [6, 6.07) is 0.501. The summed E-state index contributed by atoms with van der Waals surface area (Å²) in [4.78, 5) is 0. The first-order valence-electron chi connectivity index (χ1n) is 5.28. The maximum Gasteiger partial charge on any atom is 0.0802 e. The van der Waals surface area contributed by atoms with Crippen molar-refractivity contribution in [3.05, 3.63) is 0 Å². The zero-order valence-corrected chi connectivity index (χ0v) is 8.11. The van der Waals surface area contributed by atoms with Crippen LogP contribution in [0.2, 0.25) is 0 Å². The van der Waals surface area contributed by atoms with Crippen LogP contribution < -0.4 is 5.32 Å². The first-order valence-corrected chi connectivity index (χ1v) is 5.28. The summed E-state index contributed by atoms with van der Waals surface area (Å²) in [6.07, 6.45) is 1.73. The quantitative estimate of drug-likeness (QED) is 0.502. The van der Waals surface area contributed by atoms with E-state index in [-0.39, 0.29) is 0 Å². The number of hydrogen-bond acceptors (Lipinski definition) is 3. The van der Waals surface area contributed by atoms with Gasteiger partial charge in [0.25, 0.3) is 0 Å². The average molecular weight is 185 g/mol. The van der Waals surface area contributed by atoms with Crippen molar-refractivity contribution in [3.63, 3.8) is 0 Å². The molecule has 0 aromatic rings. The van der Waals surface area contributed by atoms with Gasteiger partial charge in [0.1, 0.15) is 0 Å².